The Morgan fingerprint density at radius 1 is 1.50 bits per heavy atom. The van der Waals surface area contributed by atoms with E-state index in [4.69, 9.17) is 10.5 Å². The number of thiazole rings is 1. The zero-order chi connectivity index (χ0) is 11.4. The van der Waals surface area contributed by atoms with Gasteiger partial charge in [-0.25, -0.2) is 4.79 Å². The third-order valence-corrected chi connectivity index (χ3v) is 2.70. The second-order valence-electron chi connectivity index (χ2n) is 3.17. The Morgan fingerprint density at radius 3 is 3.06 bits per heavy atom. The molecule has 0 spiro atoms. The first kappa shape index (κ1) is 10.6. The first-order valence-corrected chi connectivity index (χ1v) is 5.54. The van der Waals surface area contributed by atoms with E-state index < -0.39 is 0 Å². The van der Waals surface area contributed by atoms with E-state index in [1.54, 1.807) is 36.0 Å². The van der Waals surface area contributed by atoms with Gasteiger partial charge in [0, 0.05) is 11.9 Å². The largest absolute Gasteiger partial charge is 0.456 e. The molecule has 0 saturated carbocycles. The lowest BCUT2D eigenvalue weighted by Crippen LogP contribution is -2.05. The Kier molecular flexibility index (Phi) is 3.16. The summed E-state index contributed by atoms with van der Waals surface area (Å²) in [5, 5.41) is 0. The molecule has 1 aromatic carbocycles. The maximum Gasteiger partial charge on any atom is 0.338 e. The van der Waals surface area contributed by atoms with Crippen LogP contribution in [0, 0.1) is 0 Å². The SMILES string of the molecule is Nc1cccc(C(=O)OCc2cncs2)c1. The van der Waals surface area contributed by atoms with Crippen LogP contribution in [0.5, 0.6) is 0 Å². The van der Waals surface area contributed by atoms with Crippen molar-refractivity contribution < 1.29 is 9.53 Å². The number of nitrogens with zero attached hydrogens (tertiary/aromatic N) is 1. The van der Waals surface area contributed by atoms with Crippen molar-refractivity contribution in [1.29, 1.82) is 0 Å². The van der Waals surface area contributed by atoms with Crippen molar-refractivity contribution in [2.75, 3.05) is 5.73 Å². The van der Waals surface area contributed by atoms with Crippen molar-refractivity contribution in [3.05, 3.63) is 46.4 Å². The van der Waals surface area contributed by atoms with Crippen LogP contribution in [0.4, 0.5) is 5.69 Å². The molecule has 0 saturated heterocycles. The molecule has 1 aromatic heterocycles. The normalized spacial score (nSPS) is 10.0. The van der Waals surface area contributed by atoms with Crippen molar-refractivity contribution in [3.8, 4) is 0 Å². The molecule has 82 valence electrons. The second-order valence-corrected chi connectivity index (χ2v) is 4.14. The summed E-state index contributed by atoms with van der Waals surface area (Å²) in [6, 6.07) is 6.71. The summed E-state index contributed by atoms with van der Waals surface area (Å²) in [7, 11) is 0. The highest BCUT2D eigenvalue weighted by molar-refractivity contribution is 7.09. The van der Waals surface area contributed by atoms with Crippen LogP contribution in [0.1, 0.15) is 15.2 Å². The van der Waals surface area contributed by atoms with E-state index in [1.165, 1.54) is 11.3 Å². The van der Waals surface area contributed by atoms with Crippen LogP contribution in [-0.2, 0) is 11.3 Å². The highest BCUT2D eigenvalue weighted by Gasteiger charge is 2.07. The standard InChI is InChI=1S/C11H10N2O2S/c12-9-3-1-2-8(4-9)11(14)15-6-10-5-13-7-16-10/h1-5,7H,6,12H2. The van der Waals surface area contributed by atoms with Crippen LogP contribution in [0.15, 0.2) is 36.0 Å². The summed E-state index contributed by atoms with van der Waals surface area (Å²) >= 11 is 1.45. The molecule has 4 nitrogen and oxygen atoms in total. The lowest BCUT2D eigenvalue weighted by atomic mass is 10.2. The van der Waals surface area contributed by atoms with Crippen molar-refractivity contribution in [3.63, 3.8) is 0 Å². The number of ether oxygens (including phenoxy) is 1. The Morgan fingerprint density at radius 2 is 2.38 bits per heavy atom. The second kappa shape index (κ2) is 4.76. The summed E-state index contributed by atoms with van der Waals surface area (Å²) in [4.78, 5) is 16.4. The van der Waals surface area contributed by atoms with Crippen LogP contribution < -0.4 is 5.73 Å². The molecule has 2 rings (SSSR count). The first-order valence-electron chi connectivity index (χ1n) is 4.66. The van der Waals surface area contributed by atoms with Gasteiger partial charge in [-0.1, -0.05) is 6.07 Å². The Balaban J connectivity index is 1.98. The van der Waals surface area contributed by atoms with Crippen molar-refractivity contribution in [1.82, 2.24) is 4.98 Å². The van der Waals surface area contributed by atoms with Gasteiger partial charge in [0.25, 0.3) is 0 Å². The van der Waals surface area contributed by atoms with E-state index in [2.05, 4.69) is 4.98 Å². The smallest absolute Gasteiger partial charge is 0.338 e. The molecule has 0 aliphatic heterocycles. The Labute approximate surface area is 96.7 Å². The zero-order valence-electron chi connectivity index (χ0n) is 8.42. The molecule has 0 bridgehead atoms. The number of carbonyl (C=O) groups is 1. The predicted octanol–water partition coefficient (Wildman–Crippen LogP) is 2.08. The number of hydrogen-bond acceptors (Lipinski definition) is 5. The summed E-state index contributed by atoms with van der Waals surface area (Å²) < 4.78 is 5.10. The number of benzene rings is 1. The van der Waals surface area contributed by atoms with Gasteiger partial charge in [0.2, 0.25) is 0 Å². The minimum absolute atomic E-state index is 0.248. The van der Waals surface area contributed by atoms with Crippen LogP contribution in [0.3, 0.4) is 0 Å². The highest BCUT2D eigenvalue weighted by Crippen LogP contribution is 2.11. The first-order chi connectivity index (χ1) is 7.75. The van der Waals surface area contributed by atoms with E-state index in [0.717, 1.165) is 4.88 Å². The molecule has 0 aliphatic rings. The number of nitrogen functional groups attached to an aromatic ring is 1. The van der Waals surface area contributed by atoms with Crippen LogP contribution in [0.25, 0.3) is 0 Å². The van der Waals surface area contributed by atoms with Gasteiger partial charge >= 0.3 is 5.97 Å². The summed E-state index contributed by atoms with van der Waals surface area (Å²) in [6.07, 6.45) is 1.68. The van der Waals surface area contributed by atoms with Gasteiger partial charge in [0.1, 0.15) is 6.61 Å². The Hall–Kier alpha value is -1.88. The number of carbonyl (C=O) groups excluding carboxylic acids is 1. The number of aromatic nitrogens is 1. The molecule has 0 amide bonds. The molecule has 5 heteroatoms. The third-order valence-electron chi connectivity index (χ3n) is 1.95. The molecule has 0 atom stereocenters. The number of hydrogen-bond donors (Lipinski definition) is 1. The van der Waals surface area contributed by atoms with Gasteiger partial charge in [-0.3, -0.25) is 4.98 Å². The van der Waals surface area contributed by atoms with Crippen LogP contribution >= 0.6 is 11.3 Å². The van der Waals surface area contributed by atoms with Gasteiger partial charge in [-0.15, -0.1) is 11.3 Å². The highest BCUT2D eigenvalue weighted by atomic mass is 32.1. The zero-order valence-corrected chi connectivity index (χ0v) is 9.24. The van der Waals surface area contributed by atoms with E-state index >= 15 is 0 Å². The van der Waals surface area contributed by atoms with Gasteiger partial charge in [-0.2, -0.15) is 0 Å². The fourth-order valence-electron chi connectivity index (χ4n) is 1.20. The van der Waals surface area contributed by atoms with Gasteiger partial charge in [-0.05, 0) is 18.2 Å². The quantitative estimate of drug-likeness (QED) is 0.652. The minimum atomic E-state index is -0.374. The predicted molar refractivity (Wildman–Crippen MR) is 62.1 cm³/mol. The van der Waals surface area contributed by atoms with E-state index in [-0.39, 0.29) is 12.6 Å². The van der Waals surface area contributed by atoms with E-state index in [0.29, 0.717) is 11.3 Å². The van der Waals surface area contributed by atoms with Crippen molar-refractivity contribution >= 4 is 23.0 Å². The van der Waals surface area contributed by atoms with Crippen molar-refractivity contribution in [2.24, 2.45) is 0 Å². The molecule has 0 radical (unpaired) electrons. The lowest BCUT2D eigenvalue weighted by Gasteiger charge is -2.03. The molecule has 1 heterocycles. The van der Waals surface area contributed by atoms with Gasteiger partial charge in [0.05, 0.1) is 16.0 Å². The van der Waals surface area contributed by atoms with E-state index in [9.17, 15) is 4.79 Å². The van der Waals surface area contributed by atoms with Crippen LogP contribution in [-0.4, -0.2) is 11.0 Å². The molecular formula is C11H10N2O2S. The monoisotopic (exact) mass is 234 g/mol. The third kappa shape index (κ3) is 2.58. The lowest BCUT2D eigenvalue weighted by molar-refractivity contribution is 0.0476. The van der Waals surface area contributed by atoms with Crippen molar-refractivity contribution in [2.45, 2.75) is 6.61 Å². The summed E-state index contributed by atoms with van der Waals surface area (Å²) in [5.74, 6) is -0.374. The molecule has 2 aromatic rings. The minimum Gasteiger partial charge on any atom is -0.456 e. The number of esters is 1. The topological polar surface area (TPSA) is 65.2 Å². The average molecular weight is 234 g/mol. The summed E-state index contributed by atoms with van der Waals surface area (Å²) in [5.41, 5.74) is 8.28. The maximum atomic E-state index is 11.6. The Bertz CT molecular complexity index is 482. The fraction of sp³-hybridized carbons (Fsp3) is 0.0909. The number of nitrogens with two attached hydrogens (primary N) is 1. The molecule has 0 fully saturated rings. The molecule has 0 unspecified atom stereocenters. The average Bonchev–Trinajstić information content (AvgIpc) is 2.78. The van der Waals surface area contributed by atoms with E-state index in [1.807, 2.05) is 0 Å². The molecule has 0 aliphatic carbocycles. The van der Waals surface area contributed by atoms with Crippen LogP contribution in [0.2, 0.25) is 0 Å². The molecule has 2 N–H and O–H groups in total. The molecular weight excluding hydrogens is 224 g/mol. The number of rotatable bonds is 3. The van der Waals surface area contributed by atoms with Gasteiger partial charge < -0.3 is 10.5 Å². The summed E-state index contributed by atoms with van der Waals surface area (Å²) in [6.45, 7) is 0.248. The van der Waals surface area contributed by atoms with Gasteiger partial charge in [0.15, 0.2) is 0 Å². The maximum absolute atomic E-state index is 11.6. The fourth-order valence-corrected chi connectivity index (χ4v) is 1.70. The number of anilines is 1. The molecule has 16 heavy (non-hydrogen) atoms.